The molecule has 0 aliphatic carbocycles. The molecule has 0 amide bonds. The second-order valence-corrected chi connectivity index (χ2v) is 5.15. The molecule has 0 bridgehead atoms. The van der Waals surface area contributed by atoms with Crippen LogP contribution in [-0.2, 0) is 19.3 Å². The van der Waals surface area contributed by atoms with Crippen LogP contribution in [0.15, 0.2) is 24.3 Å². The summed E-state index contributed by atoms with van der Waals surface area (Å²) in [5.41, 5.74) is 4.72. The van der Waals surface area contributed by atoms with Crippen molar-refractivity contribution in [3.05, 3.63) is 41.0 Å². The second kappa shape index (κ2) is 6.08. The van der Waals surface area contributed by atoms with E-state index in [2.05, 4.69) is 13.0 Å². The lowest BCUT2D eigenvalue weighted by atomic mass is 9.89. The number of aryl methyl sites for hydroxylation is 1. The van der Waals surface area contributed by atoms with Gasteiger partial charge in [-0.15, -0.1) is 0 Å². The molecule has 3 N–H and O–H groups in total. The normalized spacial score (nSPS) is 10.8. The van der Waals surface area contributed by atoms with E-state index in [1.54, 1.807) is 6.07 Å². The van der Waals surface area contributed by atoms with E-state index < -0.39 is 0 Å². The lowest BCUT2D eigenvalue weighted by molar-refractivity contribution is 0.404. The molecule has 0 aliphatic rings. The molecular formula is C18H22O3. The molecule has 0 aromatic heterocycles. The van der Waals surface area contributed by atoms with Crippen LogP contribution in [0.4, 0.5) is 0 Å². The van der Waals surface area contributed by atoms with Gasteiger partial charge in [0.15, 0.2) is 11.5 Å². The predicted octanol–water partition coefficient (Wildman–Crippen LogP) is 4.16. The second-order valence-electron chi connectivity index (χ2n) is 5.15. The number of rotatable bonds is 4. The zero-order valence-corrected chi connectivity index (χ0v) is 12.8. The van der Waals surface area contributed by atoms with Crippen molar-refractivity contribution >= 4 is 0 Å². The highest BCUT2D eigenvalue weighted by molar-refractivity contribution is 5.74. The van der Waals surface area contributed by atoms with E-state index >= 15 is 0 Å². The Morgan fingerprint density at radius 3 is 1.95 bits per heavy atom. The van der Waals surface area contributed by atoms with Crippen LogP contribution in [0.25, 0.3) is 11.1 Å². The predicted molar refractivity (Wildman–Crippen MR) is 85.0 cm³/mol. The highest BCUT2D eigenvalue weighted by Crippen LogP contribution is 2.39. The molecule has 0 heterocycles. The van der Waals surface area contributed by atoms with Crippen LogP contribution in [0.5, 0.6) is 17.2 Å². The Kier molecular flexibility index (Phi) is 4.41. The molecule has 0 aliphatic heterocycles. The Balaban J connectivity index is 2.72. The molecule has 2 aromatic carbocycles. The molecule has 0 saturated heterocycles. The van der Waals surface area contributed by atoms with Gasteiger partial charge in [0, 0.05) is 5.56 Å². The monoisotopic (exact) mass is 286 g/mol. The third kappa shape index (κ3) is 2.68. The van der Waals surface area contributed by atoms with E-state index in [0.717, 1.165) is 40.7 Å². The molecule has 3 nitrogen and oxygen atoms in total. The van der Waals surface area contributed by atoms with Crippen LogP contribution in [0.3, 0.4) is 0 Å². The van der Waals surface area contributed by atoms with Crippen molar-refractivity contribution < 1.29 is 15.3 Å². The van der Waals surface area contributed by atoms with Gasteiger partial charge in [0.25, 0.3) is 0 Å². The van der Waals surface area contributed by atoms with Crippen molar-refractivity contribution in [2.45, 2.75) is 40.0 Å². The standard InChI is InChI=1S/C18H22O3/c1-4-11-9-15(12-7-8-16(19)17(20)10-12)14(6-3)18(21)13(11)5-2/h7-10,19-21H,4-6H2,1-3H3. The molecule has 0 unspecified atom stereocenters. The van der Waals surface area contributed by atoms with E-state index in [1.165, 1.54) is 12.1 Å². The smallest absolute Gasteiger partial charge is 0.158 e. The molecule has 0 fully saturated rings. The van der Waals surface area contributed by atoms with Crippen molar-refractivity contribution in [2.24, 2.45) is 0 Å². The molecule has 0 atom stereocenters. The average molecular weight is 286 g/mol. The molecule has 0 saturated carbocycles. The molecule has 0 spiro atoms. The Hall–Kier alpha value is -2.16. The summed E-state index contributed by atoms with van der Waals surface area (Å²) < 4.78 is 0. The number of phenolic OH excluding ortho intramolecular Hbond substituents is 3. The molecule has 3 heteroatoms. The number of aromatic hydroxyl groups is 3. The molecule has 2 rings (SSSR count). The van der Waals surface area contributed by atoms with Crippen LogP contribution in [0.2, 0.25) is 0 Å². The van der Waals surface area contributed by atoms with Gasteiger partial charge >= 0.3 is 0 Å². The van der Waals surface area contributed by atoms with E-state index in [1.807, 2.05) is 13.8 Å². The van der Waals surface area contributed by atoms with Gasteiger partial charge in [-0.3, -0.25) is 0 Å². The van der Waals surface area contributed by atoms with Gasteiger partial charge in [-0.2, -0.15) is 0 Å². The topological polar surface area (TPSA) is 60.7 Å². The molecule has 2 aromatic rings. The highest BCUT2D eigenvalue weighted by Gasteiger charge is 2.16. The van der Waals surface area contributed by atoms with Crippen molar-refractivity contribution in [1.29, 1.82) is 0 Å². The van der Waals surface area contributed by atoms with Gasteiger partial charge in [0.2, 0.25) is 0 Å². The maximum absolute atomic E-state index is 10.6. The van der Waals surface area contributed by atoms with Crippen molar-refractivity contribution in [3.8, 4) is 28.4 Å². The molecule has 112 valence electrons. The molecular weight excluding hydrogens is 264 g/mol. The molecule has 0 radical (unpaired) electrons. The first-order chi connectivity index (χ1) is 10.0. The Labute approximate surface area is 125 Å². The maximum atomic E-state index is 10.6. The van der Waals surface area contributed by atoms with Crippen molar-refractivity contribution in [3.63, 3.8) is 0 Å². The van der Waals surface area contributed by atoms with Crippen molar-refractivity contribution in [1.82, 2.24) is 0 Å². The summed E-state index contributed by atoms with van der Waals surface area (Å²) in [6, 6.07) is 6.85. The van der Waals surface area contributed by atoms with Gasteiger partial charge in [0.05, 0.1) is 0 Å². The van der Waals surface area contributed by atoms with Crippen LogP contribution in [-0.4, -0.2) is 15.3 Å². The molecule has 21 heavy (non-hydrogen) atoms. The quantitative estimate of drug-likeness (QED) is 0.740. The summed E-state index contributed by atoms with van der Waals surface area (Å²) in [5, 5.41) is 29.7. The Bertz CT molecular complexity index is 660. The highest BCUT2D eigenvalue weighted by atomic mass is 16.3. The van der Waals surface area contributed by atoms with Crippen LogP contribution in [0.1, 0.15) is 37.5 Å². The summed E-state index contributed by atoms with van der Waals surface area (Å²) in [5.74, 6) is 0.0792. The largest absolute Gasteiger partial charge is 0.507 e. The van der Waals surface area contributed by atoms with E-state index in [0.29, 0.717) is 12.2 Å². The minimum atomic E-state index is -0.147. The average Bonchev–Trinajstić information content (AvgIpc) is 2.49. The van der Waals surface area contributed by atoms with Crippen LogP contribution < -0.4 is 0 Å². The number of phenols is 3. The summed E-state index contributed by atoms with van der Waals surface area (Å²) >= 11 is 0. The fraction of sp³-hybridized carbons (Fsp3) is 0.333. The van der Waals surface area contributed by atoms with Gasteiger partial charge in [-0.05, 0) is 53.6 Å². The summed E-state index contributed by atoms with van der Waals surface area (Å²) in [6.45, 7) is 6.11. The fourth-order valence-electron chi connectivity index (χ4n) is 2.83. The van der Waals surface area contributed by atoms with E-state index in [4.69, 9.17) is 0 Å². The number of benzene rings is 2. The minimum absolute atomic E-state index is 0.137. The van der Waals surface area contributed by atoms with Crippen LogP contribution >= 0.6 is 0 Å². The summed E-state index contributed by atoms with van der Waals surface area (Å²) in [6.07, 6.45) is 2.35. The zero-order chi connectivity index (χ0) is 15.6. The first kappa shape index (κ1) is 15.2. The van der Waals surface area contributed by atoms with Gasteiger partial charge < -0.3 is 15.3 Å². The first-order valence-electron chi connectivity index (χ1n) is 7.42. The van der Waals surface area contributed by atoms with Gasteiger partial charge in [-0.25, -0.2) is 0 Å². The minimum Gasteiger partial charge on any atom is -0.507 e. The van der Waals surface area contributed by atoms with Gasteiger partial charge in [0.1, 0.15) is 5.75 Å². The van der Waals surface area contributed by atoms with Crippen molar-refractivity contribution in [2.75, 3.05) is 0 Å². The number of hydrogen-bond donors (Lipinski definition) is 3. The van der Waals surface area contributed by atoms with Gasteiger partial charge in [-0.1, -0.05) is 32.9 Å². The third-order valence-corrected chi connectivity index (χ3v) is 3.98. The SMILES string of the molecule is CCc1cc(-c2ccc(O)c(O)c2)c(CC)c(O)c1CC. The van der Waals surface area contributed by atoms with Crippen LogP contribution in [0, 0.1) is 0 Å². The summed E-state index contributed by atoms with van der Waals surface area (Å²) in [7, 11) is 0. The lowest BCUT2D eigenvalue weighted by Crippen LogP contribution is -1.99. The lowest BCUT2D eigenvalue weighted by Gasteiger charge is -2.17. The van der Waals surface area contributed by atoms with E-state index in [-0.39, 0.29) is 11.5 Å². The fourth-order valence-corrected chi connectivity index (χ4v) is 2.83. The third-order valence-electron chi connectivity index (χ3n) is 3.98. The van der Waals surface area contributed by atoms with E-state index in [9.17, 15) is 15.3 Å². The first-order valence-corrected chi connectivity index (χ1v) is 7.42. The maximum Gasteiger partial charge on any atom is 0.158 e. The summed E-state index contributed by atoms with van der Waals surface area (Å²) in [4.78, 5) is 0. The Morgan fingerprint density at radius 2 is 1.43 bits per heavy atom. The zero-order valence-electron chi connectivity index (χ0n) is 12.8. The Morgan fingerprint density at radius 1 is 0.762 bits per heavy atom. The number of hydrogen-bond acceptors (Lipinski definition) is 3.